The number of para-hydroxylation sites is 1. The summed E-state index contributed by atoms with van der Waals surface area (Å²) in [6, 6.07) is 6.69. The summed E-state index contributed by atoms with van der Waals surface area (Å²) in [6.45, 7) is 7.01. The van der Waals surface area contributed by atoms with E-state index in [4.69, 9.17) is 14.2 Å². The van der Waals surface area contributed by atoms with Gasteiger partial charge in [-0.2, -0.15) is 0 Å². The van der Waals surface area contributed by atoms with Crippen molar-refractivity contribution < 1.29 is 14.2 Å². The quantitative estimate of drug-likeness (QED) is 0.703. The summed E-state index contributed by atoms with van der Waals surface area (Å²) in [5.41, 5.74) is 1.15. The van der Waals surface area contributed by atoms with Crippen molar-refractivity contribution in [1.82, 2.24) is 5.32 Å². The first kappa shape index (κ1) is 18.1. The Morgan fingerprint density at radius 1 is 1.22 bits per heavy atom. The van der Waals surface area contributed by atoms with Crippen molar-refractivity contribution in [2.45, 2.75) is 52.1 Å². The van der Waals surface area contributed by atoms with Crippen LogP contribution in [0, 0.1) is 5.92 Å². The topological polar surface area (TPSA) is 39.7 Å². The molecule has 0 bridgehead atoms. The molecule has 0 aliphatic heterocycles. The van der Waals surface area contributed by atoms with Crippen LogP contribution in [0.2, 0.25) is 0 Å². The minimum Gasteiger partial charge on any atom is -0.493 e. The molecule has 0 amide bonds. The van der Waals surface area contributed by atoms with Gasteiger partial charge in [0.1, 0.15) is 6.61 Å². The van der Waals surface area contributed by atoms with Crippen LogP contribution in [0.1, 0.15) is 45.1 Å². The van der Waals surface area contributed by atoms with Gasteiger partial charge in [-0.1, -0.05) is 31.9 Å². The zero-order chi connectivity index (χ0) is 16.5. The maximum atomic E-state index is 5.93. The molecule has 1 aromatic rings. The van der Waals surface area contributed by atoms with Crippen molar-refractivity contribution in [3.8, 4) is 11.5 Å². The van der Waals surface area contributed by atoms with Crippen LogP contribution >= 0.6 is 0 Å². The second-order valence-electron chi connectivity index (χ2n) is 6.34. The van der Waals surface area contributed by atoms with E-state index < -0.39 is 0 Å². The number of benzene rings is 1. The van der Waals surface area contributed by atoms with Crippen LogP contribution in [-0.2, 0) is 11.3 Å². The van der Waals surface area contributed by atoms with Crippen molar-refractivity contribution in [3.05, 3.63) is 23.8 Å². The van der Waals surface area contributed by atoms with Crippen molar-refractivity contribution in [1.29, 1.82) is 0 Å². The maximum absolute atomic E-state index is 5.93. The van der Waals surface area contributed by atoms with E-state index in [0.717, 1.165) is 29.5 Å². The smallest absolute Gasteiger partial charge is 0.165 e. The van der Waals surface area contributed by atoms with E-state index in [0.29, 0.717) is 25.9 Å². The Bertz CT molecular complexity index is 464. The molecule has 1 aliphatic rings. The zero-order valence-electron chi connectivity index (χ0n) is 14.8. The standard InChI is InChI=1S/C19H31NO3/c1-4-22-11-12-23-19-16(8-6-10-18(19)21-3)14-20-17-9-5-7-15(2)13-17/h6,8,10,15,17,20H,4-5,7,9,11-14H2,1-3H3. The number of methoxy groups -OCH3 is 1. The van der Waals surface area contributed by atoms with Crippen LogP contribution in [0.15, 0.2) is 18.2 Å². The fraction of sp³-hybridized carbons (Fsp3) is 0.684. The summed E-state index contributed by atoms with van der Waals surface area (Å²) < 4.78 is 16.7. The molecular formula is C19H31NO3. The maximum Gasteiger partial charge on any atom is 0.165 e. The summed E-state index contributed by atoms with van der Waals surface area (Å²) in [5, 5.41) is 3.69. The lowest BCUT2D eigenvalue weighted by atomic mass is 9.87. The molecule has 4 nitrogen and oxygen atoms in total. The molecule has 0 saturated heterocycles. The Labute approximate surface area is 140 Å². The molecular weight excluding hydrogens is 290 g/mol. The van der Waals surface area contributed by atoms with Gasteiger partial charge in [0.15, 0.2) is 11.5 Å². The third kappa shape index (κ3) is 5.70. The van der Waals surface area contributed by atoms with Crippen LogP contribution in [-0.4, -0.2) is 33.0 Å². The number of ether oxygens (including phenoxy) is 3. The van der Waals surface area contributed by atoms with Crippen LogP contribution in [0.25, 0.3) is 0 Å². The summed E-state index contributed by atoms with van der Waals surface area (Å²) in [7, 11) is 1.69. The van der Waals surface area contributed by atoms with Crippen molar-refractivity contribution in [3.63, 3.8) is 0 Å². The molecule has 23 heavy (non-hydrogen) atoms. The molecule has 0 spiro atoms. The van der Waals surface area contributed by atoms with Crippen LogP contribution in [0.4, 0.5) is 0 Å². The lowest BCUT2D eigenvalue weighted by molar-refractivity contribution is 0.108. The van der Waals surface area contributed by atoms with E-state index in [1.165, 1.54) is 25.7 Å². The molecule has 1 fully saturated rings. The highest BCUT2D eigenvalue weighted by molar-refractivity contribution is 5.46. The van der Waals surface area contributed by atoms with Gasteiger partial charge in [0, 0.05) is 24.8 Å². The highest BCUT2D eigenvalue weighted by Gasteiger charge is 2.19. The highest BCUT2D eigenvalue weighted by Crippen LogP contribution is 2.31. The van der Waals surface area contributed by atoms with Crippen LogP contribution in [0.3, 0.4) is 0 Å². The second-order valence-corrected chi connectivity index (χ2v) is 6.34. The van der Waals surface area contributed by atoms with Gasteiger partial charge < -0.3 is 19.5 Å². The fourth-order valence-electron chi connectivity index (χ4n) is 3.25. The Balaban J connectivity index is 1.95. The van der Waals surface area contributed by atoms with Gasteiger partial charge in [-0.25, -0.2) is 0 Å². The van der Waals surface area contributed by atoms with Gasteiger partial charge in [0.05, 0.1) is 13.7 Å². The summed E-state index contributed by atoms with van der Waals surface area (Å²) in [5.74, 6) is 2.46. The lowest BCUT2D eigenvalue weighted by Gasteiger charge is -2.28. The molecule has 130 valence electrons. The van der Waals surface area contributed by atoms with E-state index in [-0.39, 0.29) is 0 Å². The first-order valence-corrected chi connectivity index (χ1v) is 8.84. The molecule has 2 unspecified atom stereocenters. The Hall–Kier alpha value is -1.26. The van der Waals surface area contributed by atoms with Gasteiger partial charge in [-0.15, -0.1) is 0 Å². The van der Waals surface area contributed by atoms with Gasteiger partial charge in [-0.05, 0) is 31.7 Å². The fourth-order valence-corrected chi connectivity index (χ4v) is 3.25. The largest absolute Gasteiger partial charge is 0.493 e. The predicted molar refractivity (Wildman–Crippen MR) is 93.2 cm³/mol. The summed E-state index contributed by atoms with van der Waals surface area (Å²) in [6.07, 6.45) is 5.23. The predicted octanol–water partition coefficient (Wildman–Crippen LogP) is 3.78. The minimum atomic E-state index is 0.543. The summed E-state index contributed by atoms with van der Waals surface area (Å²) in [4.78, 5) is 0. The third-order valence-electron chi connectivity index (χ3n) is 4.48. The first-order chi connectivity index (χ1) is 11.2. The second kappa shape index (κ2) is 9.78. The number of rotatable bonds is 9. The van der Waals surface area contributed by atoms with Crippen molar-refractivity contribution in [2.24, 2.45) is 5.92 Å². The monoisotopic (exact) mass is 321 g/mol. The molecule has 2 rings (SSSR count). The van der Waals surface area contributed by atoms with Gasteiger partial charge in [0.25, 0.3) is 0 Å². The van der Waals surface area contributed by atoms with E-state index in [1.54, 1.807) is 7.11 Å². The average Bonchev–Trinajstić information content (AvgIpc) is 2.57. The molecule has 1 N–H and O–H groups in total. The number of nitrogens with one attached hydrogen (secondary N) is 1. The molecule has 1 aliphatic carbocycles. The lowest BCUT2D eigenvalue weighted by Crippen LogP contribution is -2.33. The number of hydrogen-bond donors (Lipinski definition) is 1. The van der Waals surface area contributed by atoms with E-state index in [1.807, 2.05) is 19.1 Å². The van der Waals surface area contributed by atoms with E-state index >= 15 is 0 Å². The zero-order valence-corrected chi connectivity index (χ0v) is 14.8. The molecule has 0 heterocycles. The van der Waals surface area contributed by atoms with E-state index in [2.05, 4.69) is 18.3 Å². The molecule has 0 aromatic heterocycles. The Morgan fingerprint density at radius 2 is 2.09 bits per heavy atom. The third-order valence-corrected chi connectivity index (χ3v) is 4.48. The highest BCUT2D eigenvalue weighted by atomic mass is 16.5. The molecule has 4 heteroatoms. The first-order valence-electron chi connectivity index (χ1n) is 8.84. The average molecular weight is 321 g/mol. The van der Waals surface area contributed by atoms with Crippen molar-refractivity contribution >= 4 is 0 Å². The van der Waals surface area contributed by atoms with Crippen molar-refractivity contribution in [2.75, 3.05) is 26.9 Å². The molecule has 0 radical (unpaired) electrons. The SMILES string of the molecule is CCOCCOc1c(CNC2CCCC(C)C2)cccc1OC. The van der Waals surface area contributed by atoms with Gasteiger partial charge in [0.2, 0.25) is 0 Å². The normalized spacial score (nSPS) is 21.2. The van der Waals surface area contributed by atoms with Crippen LogP contribution < -0.4 is 14.8 Å². The molecule has 1 saturated carbocycles. The number of hydrogen-bond acceptors (Lipinski definition) is 4. The van der Waals surface area contributed by atoms with Gasteiger partial charge in [-0.3, -0.25) is 0 Å². The summed E-state index contributed by atoms with van der Waals surface area (Å²) >= 11 is 0. The molecule has 2 atom stereocenters. The Morgan fingerprint density at radius 3 is 2.83 bits per heavy atom. The molecule has 1 aromatic carbocycles. The Kier molecular flexibility index (Phi) is 7.69. The van der Waals surface area contributed by atoms with Crippen LogP contribution in [0.5, 0.6) is 11.5 Å². The minimum absolute atomic E-state index is 0.543. The van der Waals surface area contributed by atoms with Gasteiger partial charge >= 0.3 is 0 Å². The van der Waals surface area contributed by atoms with E-state index in [9.17, 15) is 0 Å².